The van der Waals surface area contributed by atoms with Gasteiger partial charge < -0.3 is 9.47 Å². The van der Waals surface area contributed by atoms with Gasteiger partial charge in [0.1, 0.15) is 11.3 Å². The first-order valence-corrected chi connectivity index (χ1v) is 9.50. The van der Waals surface area contributed by atoms with E-state index in [1.807, 2.05) is 12.1 Å². The van der Waals surface area contributed by atoms with Crippen molar-refractivity contribution in [3.05, 3.63) is 53.0 Å². The van der Waals surface area contributed by atoms with Crippen LogP contribution in [-0.4, -0.2) is 47.1 Å². The Bertz CT molecular complexity index is 972. The van der Waals surface area contributed by atoms with E-state index in [0.29, 0.717) is 48.8 Å². The van der Waals surface area contributed by atoms with Crippen molar-refractivity contribution in [3.63, 3.8) is 0 Å². The van der Waals surface area contributed by atoms with Gasteiger partial charge in [0, 0.05) is 31.8 Å². The van der Waals surface area contributed by atoms with Gasteiger partial charge in [-0.15, -0.1) is 11.3 Å². The normalized spacial score (nSPS) is 16.4. The zero-order valence-electron chi connectivity index (χ0n) is 14.7. The van der Waals surface area contributed by atoms with Crippen LogP contribution >= 0.6 is 11.3 Å². The van der Waals surface area contributed by atoms with Crippen molar-refractivity contribution in [3.8, 4) is 5.75 Å². The van der Waals surface area contributed by atoms with Crippen LogP contribution in [0.3, 0.4) is 0 Å². The van der Waals surface area contributed by atoms with Crippen LogP contribution in [0.5, 0.6) is 5.75 Å². The van der Waals surface area contributed by atoms with Gasteiger partial charge in [0.2, 0.25) is 0 Å². The Kier molecular flexibility index (Phi) is 5.11. The van der Waals surface area contributed by atoms with Gasteiger partial charge in [-0.2, -0.15) is 0 Å². The molecule has 0 spiro atoms. The van der Waals surface area contributed by atoms with Crippen molar-refractivity contribution in [2.75, 3.05) is 26.3 Å². The maximum Gasteiger partial charge on any atom is 0.308 e. The van der Waals surface area contributed by atoms with Crippen molar-refractivity contribution in [2.24, 2.45) is 0 Å². The predicted octanol–water partition coefficient (Wildman–Crippen LogP) is 3.18. The molecule has 1 atom stereocenters. The van der Waals surface area contributed by atoms with E-state index in [-0.39, 0.29) is 0 Å². The molecule has 4 rings (SSSR count). The summed E-state index contributed by atoms with van der Waals surface area (Å²) < 4.78 is 26.6. The number of rotatable bonds is 4. The second kappa shape index (κ2) is 7.67. The molecule has 0 bridgehead atoms. The van der Waals surface area contributed by atoms with Crippen molar-refractivity contribution in [1.82, 2.24) is 14.9 Å². The molecule has 1 aromatic carbocycles. The van der Waals surface area contributed by atoms with E-state index in [1.54, 1.807) is 17.8 Å². The maximum absolute atomic E-state index is 14.7. The minimum absolute atomic E-state index is 0.294. The van der Waals surface area contributed by atoms with Crippen LogP contribution in [0, 0.1) is 5.82 Å². The molecule has 3 heterocycles. The molecule has 27 heavy (non-hydrogen) atoms. The Hall–Kier alpha value is -2.42. The zero-order chi connectivity index (χ0) is 18.8. The summed E-state index contributed by atoms with van der Waals surface area (Å²) in [6.45, 7) is 3.68. The molecule has 0 N–H and O–H groups in total. The summed E-state index contributed by atoms with van der Waals surface area (Å²) in [5, 5.41) is 0. The van der Waals surface area contributed by atoms with Gasteiger partial charge in [-0.25, -0.2) is 9.37 Å². The molecular formula is C19H18FN3O3S. The molecular weight excluding hydrogens is 369 g/mol. The van der Waals surface area contributed by atoms with E-state index in [0.717, 1.165) is 4.70 Å². The van der Waals surface area contributed by atoms with Crippen molar-refractivity contribution in [2.45, 2.75) is 13.0 Å². The lowest BCUT2D eigenvalue weighted by Crippen LogP contribution is -2.40. The van der Waals surface area contributed by atoms with E-state index in [1.165, 1.54) is 24.3 Å². The standard InChI is InChI=1S/C19H18FN3O3S/c1-12(24)26-19-13(4-5-15-17(19)22-11-27-15)18(23-7-9-25-10-8-23)16-14(20)3-2-6-21-16/h2-6,11,18H,7-10H2,1H3. The van der Waals surface area contributed by atoms with Crippen molar-refractivity contribution < 1.29 is 18.7 Å². The third-order valence-electron chi connectivity index (χ3n) is 4.48. The lowest BCUT2D eigenvalue weighted by Gasteiger charge is -2.35. The van der Waals surface area contributed by atoms with Gasteiger partial charge in [0.15, 0.2) is 5.75 Å². The number of thiazole rings is 1. The fourth-order valence-electron chi connectivity index (χ4n) is 3.34. The number of nitrogens with zero attached hydrogens (tertiary/aromatic N) is 3. The summed E-state index contributed by atoms with van der Waals surface area (Å²) in [5.74, 6) is -0.483. The minimum atomic E-state index is -0.504. The van der Waals surface area contributed by atoms with Crippen molar-refractivity contribution in [1.29, 1.82) is 0 Å². The van der Waals surface area contributed by atoms with E-state index in [9.17, 15) is 9.18 Å². The van der Waals surface area contributed by atoms with Crippen LogP contribution in [0.25, 0.3) is 10.2 Å². The zero-order valence-corrected chi connectivity index (χ0v) is 15.5. The molecule has 1 saturated heterocycles. The van der Waals surface area contributed by atoms with Crippen LogP contribution in [0.1, 0.15) is 24.2 Å². The van der Waals surface area contributed by atoms with E-state index in [4.69, 9.17) is 9.47 Å². The van der Waals surface area contributed by atoms with Crippen LogP contribution < -0.4 is 4.74 Å². The third kappa shape index (κ3) is 3.55. The molecule has 8 heteroatoms. The van der Waals surface area contributed by atoms with Crippen molar-refractivity contribution >= 4 is 27.5 Å². The summed E-state index contributed by atoms with van der Waals surface area (Å²) in [4.78, 5) is 22.5. The molecule has 2 aromatic heterocycles. The number of carbonyl (C=O) groups is 1. The minimum Gasteiger partial charge on any atom is -0.424 e. The van der Waals surface area contributed by atoms with Gasteiger partial charge in [-0.05, 0) is 18.2 Å². The van der Waals surface area contributed by atoms with Gasteiger partial charge in [-0.3, -0.25) is 14.7 Å². The third-order valence-corrected chi connectivity index (χ3v) is 5.28. The van der Waals surface area contributed by atoms with E-state index < -0.39 is 17.8 Å². The number of hydrogen-bond donors (Lipinski definition) is 0. The predicted molar refractivity (Wildman–Crippen MR) is 99.4 cm³/mol. The fourth-order valence-corrected chi connectivity index (χ4v) is 4.02. The molecule has 1 aliphatic rings. The Balaban J connectivity index is 1.91. The Morgan fingerprint density at radius 2 is 2.11 bits per heavy atom. The number of carbonyl (C=O) groups excluding carboxylic acids is 1. The molecule has 3 aromatic rings. The molecule has 0 radical (unpaired) electrons. The summed E-state index contributed by atoms with van der Waals surface area (Å²) in [5.41, 5.74) is 3.26. The summed E-state index contributed by atoms with van der Waals surface area (Å²) in [6.07, 6.45) is 1.57. The first kappa shape index (κ1) is 18.0. The number of aromatic nitrogens is 2. The van der Waals surface area contributed by atoms with Gasteiger partial charge >= 0.3 is 5.97 Å². The average molecular weight is 387 g/mol. The summed E-state index contributed by atoms with van der Waals surface area (Å²) >= 11 is 1.46. The number of morpholine rings is 1. The fraction of sp³-hybridized carbons (Fsp3) is 0.316. The average Bonchev–Trinajstić information content (AvgIpc) is 3.15. The Labute approximate surface area is 159 Å². The number of hydrogen-bond acceptors (Lipinski definition) is 7. The number of ether oxygens (including phenoxy) is 2. The molecule has 0 amide bonds. The number of fused-ring (bicyclic) bond motifs is 1. The highest BCUT2D eigenvalue weighted by Crippen LogP contribution is 2.40. The summed E-state index contributed by atoms with van der Waals surface area (Å²) in [6, 6.07) is 6.24. The number of pyridine rings is 1. The Morgan fingerprint density at radius 3 is 2.85 bits per heavy atom. The molecule has 140 valence electrons. The Morgan fingerprint density at radius 1 is 1.30 bits per heavy atom. The summed E-state index contributed by atoms with van der Waals surface area (Å²) in [7, 11) is 0. The SMILES string of the molecule is CC(=O)Oc1c(C(c2ncccc2F)N2CCOCC2)ccc2scnc12. The van der Waals surface area contributed by atoms with Gasteiger partial charge in [0.25, 0.3) is 0 Å². The molecule has 6 nitrogen and oxygen atoms in total. The van der Waals surface area contributed by atoms with Crippen LogP contribution in [0.2, 0.25) is 0 Å². The molecule has 0 saturated carbocycles. The second-order valence-corrected chi connectivity index (χ2v) is 7.08. The highest BCUT2D eigenvalue weighted by Gasteiger charge is 2.31. The first-order valence-electron chi connectivity index (χ1n) is 8.62. The number of benzene rings is 1. The van der Waals surface area contributed by atoms with Gasteiger partial charge in [-0.1, -0.05) is 6.07 Å². The largest absolute Gasteiger partial charge is 0.424 e. The lowest BCUT2D eigenvalue weighted by molar-refractivity contribution is -0.131. The van der Waals surface area contributed by atoms with Crippen LogP contribution in [-0.2, 0) is 9.53 Å². The smallest absolute Gasteiger partial charge is 0.308 e. The lowest BCUT2D eigenvalue weighted by atomic mass is 9.98. The number of halogens is 1. The highest BCUT2D eigenvalue weighted by atomic mass is 32.1. The van der Waals surface area contributed by atoms with E-state index in [2.05, 4.69) is 14.9 Å². The quantitative estimate of drug-likeness (QED) is 0.506. The van der Waals surface area contributed by atoms with Gasteiger partial charge in [0.05, 0.1) is 35.2 Å². The number of esters is 1. The molecule has 1 fully saturated rings. The monoisotopic (exact) mass is 387 g/mol. The highest BCUT2D eigenvalue weighted by molar-refractivity contribution is 7.16. The van der Waals surface area contributed by atoms with Crippen LogP contribution in [0.4, 0.5) is 4.39 Å². The maximum atomic E-state index is 14.7. The molecule has 0 aliphatic carbocycles. The van der Waals surface area contributed by atoms with E-state index >= 15 is 0 Å². The topological polar surface area (TPSA) is 64.5 Å². The second-order valence-electron chi connectivity index (χ2n) is 6.20. The van der Waals surface area contributed by atoms with Crippen LogP contribution in [0.15, 0.2) is 36.0 Å². The molecule has 1 unspecified atom stereocenters. The first-order chi connectivity index (χ1) is 13.1. The molecule has 1 aliphatic heterocycles.